The van der Waals surface area contributed by atoms with Gasteiger partial charge in [-0.15, -0.1) is 0 Å². The van der Waals surface area contributed by atoms with E-state index < -0.39 is 5.97 Å². The molecule has 0 radical (unpaired) electrons. The summed E-state index contributed by atoms with van der Waals surface area (Å²) in [6.45, 7) is 3.78. The van der Waals surface area contributed by atoms with E-state index in [4.69, 9.17) is 9.84 Å². The number of carboxylic acid groups (broad SMARTS) is 1. The molecule has 7 heteroatoms. The molecule has 1 aromatic rings. The number of rotatable bonds is 9. The van der Waals surface area contributed by atoms with Crippen LogP contribution in [-0.2, 0) is 20.9 Å². The molecule has 1 fully saturated rings. The molecule has 0 aliphatic carbocycles. The molecule has 136 valence electrons. The van der Waals surface area contributed by atoms with Gasteiger partial charge < -0.3 is 20.1 Å². The number of carbonyl (C=O) groups is 3. The quantitative estimate of drug-likeness (QED) is 0.658. The van der Waals surface area contributed by atoms with Crippen LogP contribution in [0.2, 0.25) is 0 Å². The molecule has 1 unspecified atom stereocenters. The lowest BCUT2D eigenvalue weighted by atomic mass is 10.1. The van der Waals surface area contributed by atoms with Gasteiger partial charge in [-0.1, -0.05) is 12.1 Å². The molecule has 0 spiro atoms. The largest absolute Gasteiger partial charge is 0.494 e. The van der Waals surface area contributed by atoms with Gasteiger partial charge in [-0.05, 0) is 31.0 Å². The van der Waals surface area contributed by atoms with Crippen molar-refractivity contribution in [2.45, 2.75) is 32.7 Å². The number of hydrogen-bond donors (Lipinski definition) is 2. The number of likely N-dealkylation sites (tertiary alicyclic amines) is 1. The molecule has 7 nitrogen and oxygen atoms in total. The number of benzene rings is 1. The Morgan fingerprint density at radius 2 is 2.04 bits per heavy atom. The Morgan fingerprint density at radius 1 is 1.32 bits per heavy atom. The Balaban J connectivity index is 1.73. The molecule has 1 saturated heterocycles. The fourth-order valence-electron chi connectivity index (χ4n) is 2.70. The lowest BCUT2D eigenvalue weighted by Crippen LogP contribution is -2.32. The second-order valence-electron chi connectivity index (χ2n) is 6.04. The summed E-state index contributed by atoms with van der Waals surface area (Å²) in [6, 6.07) is 7.29. The zero-order valence-electron chi connectivity index (χ0n) is 14.4. The van der Waals surface area contributed by atoms with Gasteiger partial charge in [0.15, 0.2) is 0 Å². The number of hydrogen-bond acceptors (Lipinski definition) is 4. The number of nitrogens with zero attached hydrogens (tertiary/aromatic N) is 1. The van der Waals surface area contributed by atoms with Crippen LogP contribution in [0.15, 0.2) is 24.3 Å². The molecule has 2 amide bonds. The third-order valence-electron chi connectivity index (χ3n) is 4.16. The van der Waals surface area contributed by atoms with Crippen molar-refractivity contribution in [1.82, 2.24) is 10.2 Å². The topological polar surface area (TPSA) is 95.9 Å². The Bertz CT molecular complexity index is 614. The normalized spacial score (nSPS) is 16.8. The van der Waals surface area contributed by atoms with Crippen LogP contribution in [0.4, 0.5) is 0 Å². The van der Waals surface area contributed by atoms with E-state index in [1.54, 1.807) is 17.0 Å². The van der Waals surface area contributed by atoms with E-state index in [0.717, 1.165) is 5.56 Å². The summed E-state index contributed by atoms with van der Waals surface area (Å²) in [5.74, 6) is -0.504. The van der Waals surface area contributed by atoms with Crippen molar-refractivity contribution >= 4 is 17.8 Å². The summed E-state index contributed by atoms with van der Waals surface area (Å²) in [6.07, 6.45) is 0.827. The van der Waals surface area contributed by atoms with Crippen LogP contribution in [0.5, 0.6) is 5.75 Å². The van der Waals surface area contributed by atoms with Crippen molar-refractivity contribution in [3.8, 4) is 5.75 Å². The molecule has 1 aromatic carbocycles. The Morgan fingerprint density at radius 3 is 2.64 bits per heavy atom. The first-order valence-electron chi connectivity index (χ1n) is 8.48. The number of ether oxygens (including phenoxy) is 1. The standard InChI is InChI=1S/C18H24N2O5/c1-2-20-12-14(10-16(20)21)18(24)19-11-13-5-7-15(8-6-13)25-9-3-4-17(22)23/h5-8,14H,2-4,9-12H2,1H3,(H,19,24)(H,22,23). The average molecular weight is 348 g/mol. The maximum atomic E-state index is 12.2. The molecular weight excluding hydrogens is 324 g/mol. The maximum absolute atomic E-state index is 12.2. The van der Waals surface area contributed by atoms with Crippen LogP contribution in [-0.4, -0.2) is 47.5 Å². The molecule has 25 heavy (non-hydrogen) atoms. The Labute approximate surface area is 147 Å². The number of amides is 2. The van der Waals surface area contributed by atoms with Gasteiger partial charge in [0.05, 0.1) is 12.5 Å². The van der Waals surface area contributed by atoms with Crippen LogP contribution in [0, 0.1) is 5.92 Å². The Hall–Kier alpha value is -2.57. The fourth-order valence-corrected chi connectivity index (χ4v) is 2.70. The summed E-state index contributed by atoms with van der Waals surface area (Å²) in [7, 11) is 0. The van der Waals surface area contributed by atoms with Crippen molar-refractivity contribution in [2.24, 2.45) is 5.92 Å². The van der Waals surface area contributed by atoms with Gasteiger partial charge in [-0.25, -0.2) is 0 Å². The summed E-state index contributed by atoms with van der Waals surface area (Å²) in [4.78, 5) is 36.0. The molecule has 1 aliphatic heterocycles. The second kappa shape index (κ2) is 9.05. The predicted octanol–water partition coefficient (Wildman–Crippen LogP) is 1.41. The number of nitrogens with one attached hydrogen (secondary N) is 1. The van der Waals surface area contributed by atoms with Crippen molar-refractivity contribution < 1.29 is 24.2 Å². The predicted molar refractivity (Wildman–Crippen MR) is 91.0 cm³/mol. The van der Waals surface area contributed by atoms with E-state index in [1.165, 1.54) is 0 Å². The third-order valence-corrected chi connectivity index (χ3v) is 4.16. The maximum Gasteiger partial charge on any atom is 0.303 e. The number of aliphatic carboxylic acids is 1. The van der Waals surface area contributed by atoms with Gasteiger partial charge in [0, 0.05) is 32.5 Å². The van der Waals surface area contributed by atoms with Gasteiger partial charge >= 0.3 is 5.97 Å². The minimum absolute atomic E-state index is 0.0343. The van der Waals surface area contributed by atoms with Crippen molar-refractivity contribution in [3.05, 3.63) is 29.8 Å². The van der Waals surface area contributed by atoms with Gasteiger partial charge in [0.1, 0.15) is 5.75 Å². The first-order valence-corrected chi connectivity index (χ1v) is 8.48. The van der Waals surface area contributed by atoms with Gasteiger partial charge in [0.25, 0.3) is 0 Å². The van der Waals surface area contributed by atoms with Crippen LogP contribution >= 0.6 is 0 Å². The van der Waals surface area contributed by atoms with Crippen LogP contribution < -0.4 is 10.1 Å². The summed E-state index contributed by atoms with van der Waals surface area (Å²) >= 11 is 0. The highest BCUT2D eigenvalue weighted by molar-refractivity contribution is 5.89. The van der Waals surface area contributed by atoms with E-state index in [2.05, 4.69) is 5.32 Å². The molecule has 2 N–H and O–H groups in total. The lowest BCUT2D eigenvalue weighted by molar-refractivity contribution is -0.137. The highest BCUT2D eigenvalue weighted by Gasteiger charge is 2.33. The van der Waals surface area contributed by atoms with Crippen LogP contribution in [0.1, 0.15) is 31.7 Å². The summed E-state index contributed by atoms with van der Waals surface area (Å²) in [5.41, 5.74) is 0.933. The number of carbonyl (C=O) groups excluding carboxylic acids is 2. The first kappa shape index (κ1) is 18.8. The molecular formula is C18H24N2O5. The van der Waals surface area contributed by atoms with Gasteiger partial charge in [-0.3, -0.25) is 14.4 Å². The smallest absolute Gasteiger partial charge is 0.303 e. The highest BCUT2D eigenvalue weighted by Crippen LogP contribution is 2.18. The zero-order chi connectivity index (χ0) is 18.2. The zero-order valence-corrected chi connectivity index (χ0v) is 14.4. The van der Waals surface area contributed by atoms with Gasteiger partial charge in [-0.2, -0.15) is 0 Å². The lowest BCUT2D eigenvalue weighted by Gasteiger charge is -2.13. The number of carboxylic acids is 1. The monoisotopic (exact) mass is 348 g/mol. The van der Waals surface area contributed by atoms with Crippen LogP contribution in [0.25, 0.3) is 0 Å². The Kier molecular flexibility index (Phi) is 6.80. The second-order valence-corrected chi connectivity index (χ2v) is 6.04. The van der Waals surface area contributed by atoms with E-state index in [9.17, 15) is 14.4 Å². The van der Waals surface area contributed by atoms with Crippen LogP contribution in [0.3, 0.4) is 0 Å². The molecule has 1 heterocycles. The molecule has 0 saturated carbocycles. The average Bonchev–Trinajstić information content (AvgIpc) is 2.98. The first-order chi connectivity index (χ1) is 12.0. The van der Waals surface area contributed by atoms with Gasteiger partial charge in [0.2, 0.25) is 11.8 Å². The minimum atomic E-state index is -0.833. The molecule has 1 atom stereocenters. The third kappa shape index (κ3) is 5.77. The fraction of sp³-hybridized carbons (Fsp3) is 0.500. The van der Waals surface area contributed by atoms with Crippen molar-refractivity contribution in [1.29, 1.82) is 0 Å². The highest BCUT2D eigenvalue weighted by atomic mass is 16.5. The summed E-state index contributed by atoms with van der Waals surface area (Å²) < 4.78 is 5.46. The van der Waals surface area contributed by atoms with Crippen molar-refractivity contribution in [2.75, 3.05) is 19.7 Å². The van der Waals surface area contributed by atoms with E-state index >= 15 is 0 Å². The SMILES string of the molecule is CCN1CC(C(=O)NCc2ccc(OCCCC(=O)O)cc2)CC1=O. The van der Waals surface area contributed by atoms with E-state index in [-0.39, 0.29) is 30.6 Å². The van der Waals surface area contributed by atoms with E-state index in [0.29, 0.717) is 38.4 Å². The van der Waals surface area contributed by atoms with Crippen molar-refractivity contribution in [3.63, 3.8) is 0 Å². The molecule has 0 bridgehead atoms. The molecule has 0 aromatic heterocycles. The summed E-state index contributed by atoms with van der Waals surface area (Å²) in [5, 5.41) is 11.4. The van der Waals surface area contributed by atoms with E-state index in [1.807, 2.05) is 19.1 Å². The minimum Gasteiger partial charge on any atom is -0.494 e. The molecule has 1 aliphatic rings. The molecule has 2 rings (SSSR count).